The zero-order valence-electron chi connectivity index (χ0n) is 16.8. The molecular formula is C21H28N2O5S. The van der Waals surface area contributed by atoms with Crippen LogP contribution in [0.3, 0.4) is 0 Å². The van der Waals surface area contributed by atoms with Crippen molar-refractivity contribution in [3.05, 3.63) is 29.3 Å². The molecule has 1 aliphatic heterocycles. The van der Waals surface area contributed by atoms with Crippen molar-refractivity contribution in [2.45, 2.75) is 43.9 Å². The second kappa shape index (κ2) is 8.07. The van der Waals surface area contributed by atoms with E-state index in [-0.39, 0.29) is 37.5 Å². The molecule has 2 atom stereocenters. The fraction of sp³-hybridized carbons (Fsp3) is 0.619. The van der Waals surface area contributed by atoms with Gasteiger partial charge in [0.15, 0.2) is 6.61 Å². The fourth-order valence-electron chi connectivity index (χ4n) is 4.18. The number of hydrogen-bond donors (Lipinski definition) is 0. The van der Waals surface area contributed by atoms with Gasteiger partial charge in [-0.3, -0.25) is 9.59 Å². The number of carbonyl (C=O) groups excluding carboxylic acids is 2. The van der Waals surface area contributed by atoms with Crippen molar-refractivity contribution in [1.29, 1.82) is 0 Å². The van der Waals surface area contributed by atoms with Gasteiger partial charge in [0, 0.05) is 26.2 Å². The Morgan fingerprint density at radius 3 is 2.38 bits per heavy atom. The van der Waals surface area contributed by atoms with Gasteiger partial charge in [-0.1, -0.05) is 13.0 Å². The van der Waals surface area contributed by atoms with Crippen LogP contribution < -0.4 is 0 Å². The Labute approximate surface area is 172 Å². The highest BCUT2D eigenvalue weighted by molar-refractivity contribution is 7.89. The number of nitrogens with zero attached hydrogens (tertiary/aromatic N) is 2. The zero-order chi connectivity index (χ0) is 20.6. The molecule has 7 nitrogen and oxygen atoms in total. The maximum atomic E-state index is 13.0. The van der Waals surface area contributed by atoms with Crippen LogP contribution in [0.2, 0.25) is 0 Å². The summed E-state index contributed by atoms with van der Waals surface area (Å²) in [5.74, 6) is -0.298. The number of aryl methyl sites for hydroxylation is 2. The molecule has 1 aromatic carbocycles. The lowest BCUT2D eigenvalue weighted by Crippen LogP contribution is -2.51. The fourth-order valence-corrected chi connectivity index (χ4v) is 5.65. The molecule has 1 amide bonds. The Bertz CT molecular complexity index is 906. The summed E-state index contributed by atoms with van der Waals surface area (Å²) in [6.45, 7) is 2.83. The Kier molecular flexibility index (Phi) is 5.66. The normalized spacial score (nSPS) is 24.7. The number of amides is 1. The maximum Gasteiger partial charge on any atom is 0.309 e. The van der Waals surface area contributed by atoms with E-state index in [1.165, 1.54) is 9.87 Å². The van der Waals surface area contributed by atoms with Crippen molar-refractivity contribution in [3.63, 3.8) is 0 Å². The van der Waals surface area contributed by atoms with Gasteiger partial charge < -0.3 is 9.64 Å². The third kappa shape index (κ3) is 4.33. The van der Waals surface area contributed by atoms with E-state index in [9.17, 15) is 18.0 Å². The molecule has 3 aliphatic rings. The second-order valence-corrected chi connectivity index (χ2v) is 10.3. The molecule has 158 valence electrons. The number of ether oxygens (including phenoxy) is 1. The standard InChI is InChI=1S/C21H28N2O5S/c1-15-12-19(15)21(25)28-14-20(24)22-8-10-23(11-9-22)29(26,27)18-7-6-16-4-2-3-5-17(16)13-18/h6-7,13,15,19H,2-5,8-12,14H2,1H3/t15-,19-/m0/s1. The molecule has 2 fully saturated rings. The lowest BCUT2D eigenvalue weighted by molar-refractivity contribution is -0.153. The molecule has 0 radical (unpaired) electrons. The van der Waals surface area contributed by atoms with E-state index in [1.807, 2.05) is 19.1 Å². The molecule has 0 spiro atoms. The zero-order valence-corrected chi connectivity index (χ0v) is 17.6. The number of hydrogen-bond acceptors (Lipinski definition) is 5. The van der Waals surface area contributed by atoms with Gasteiger partial charge in [-0.05, 0) is 61.3 Å². The van der Waals surface area contributed by atoms with Crippen molar-refractivity contribution >= 4 is 21.9 Å². The van der Waals surface area contributed by atoms with Crippen molar-refractivity contribution in [3.8, 4) is 0 Å². The molecule has 1 saturated heterocycles. The Morgan fingerprint density at radius 2 is 1.72 bits per heavy atom. The van der Waals surface area contributed by atoms with Gasteiger partial charge in [-0.2, -0.15) is 4.31 Å². The highest BCUT2D eigenvalue weighted by Crippen LogP contribution is 2.38. The van der Waals surface area contributed by atoms with E-state index < -0.39 is 10.0 Å². The minimum absolute atomic E-state index is 0.0681. The third-order valence-corrected chi connectivity index (χ3v) is 8.19. The average molecular weight is 421 g/mol. The highest BCUT2D eigenvalue weighted by Gasteiger charge is 2.41. The Hall–Kier alpha value is -1.93. The third-order valence-electron chi connectivity index (χ3n) is 6.30. The molecule has 1 aromatic rings. The molecule has 29 heavy (non-hydrogen) atoms. The number of fused-ring (bicyclic) bond motifs is 1. The van der Waals surface area contributed by atoms with Crippen molar-refractivity contribution in [1.82, 2.24) is 9.21 Å². The summed E-state index contributed by atoms with van der Waals surface area (Å²) in [6, 6.07) is 5.46. The molecule has 2 aliphatic carbocycles. The number of carbonyl (C=O) groups is 2. The quantitative estimate of drug-likeness (QED) is 0.676. The average Bonchev–Trinajstić information content (AvgIpc) is 3.48. The van der Waals surface area contributed by atoms with Gasteiger partial charge >= 0.3 is 5.97 Å². The van der Waals surface area contributed by atoms with Crippen LogP contribution in [-0.2, 0) is 37.2 Å². The van der Waals surface area contributed by atoms with Crippen molar-refractivity contribution < 1.29 is 22.7 Å². The van der Waals surface area contributed by atoms with E-state index in [1.54, 1.807) is 11.0 Å². The molecule has 8 heteroatoms. The number of esters is 1. The first-order valence-electron chi connectivity index (χ1n) is 10.4. The molecule has 1 saturated carbocycles. The summed E-state index contributed by atoms with van der Waals surface area (Å²) in [4.78, 5) is 26.0. The number of benzene rings is 1. The SMILES string of the molecule is C[C@H]1C[C@@H]1C(=O)OCC(=O)N1CCN(S(=O)(=O)c2ccc3c(c2)CCCC3)CC1. The van der Waals surface area contributed by atoms with Crippen LogP contribution in [0.15, 0.2) is 23.1 Å². The van der Waals surface area contributed by atoms with E-state index in [0.29, 0.717) is 23.9 Å². The van der Waals surface area contributed by atoms with Crippen LogP contribution in [0, 0.1) is 11.8 Å². The van der Waals surface area contributed by atoms with Crippen LogP contribution >= 0.6 is 0 Å². The van der Waals surface area contributed by atoms with Crippen LogP contribution in [0.4, 0.5) is 0 Å². The first kappa shape index (κ1) is 20.3. The highest BCUT2D eigenvalue weighted by atomic mass is 32.2. The van der Waals surface area contributed by atoms with E-state index >= 15 is 0 Å². The molecular weight excluding hydrogens is 392 g/mol. The summed E-state index contributed by atoms with van der Waals surface area (Å²) in [5.41, 5.74) is 2.39. The molecule has 1 heterocycles. The first-order chi connectivity index (χ1) is 13.9. The van der Waals surface area contributed by atoms with Gasteiger partial charge in [0.05, 0.1) is 10.8 Å². The van der Waals surface area contributed by atoms with Crippen LogP contribution in [0.5, 0.6) is 0 Å². The van der Waals surface area contributed by atoms with E-state index in [2.05, 4.69) is 0 Å². The predicted octanol–water partition coefficient (Wildman–Crippen LogP) is 1.60. The van der Waals surface area contributed by atoms with Crippen LogP contribution in [0.1, 0.15) is 37.3 Å². The first-order valence-corrected chi connectivity index (χ1v) is 11.9. The monoisotopic (exact) mass is 420 g/mol. The summed E-state index contributed by atoms with van der Waals surface area (Å²) in [6.07, 6.45) is 5.03. The lowest BCUT2D eigenvalue weighted by Gasteiger charge is -2.34. The van der Waals surface area contributed by atoms with E-state index in [0.717, 1.165) is 37.7 Å². The molecule has 0 N–H and O–H groups in total. The molecule has 0 bridgehead atoms. The largest absolute Gasteiger partial charge is 0.455 e. The van der Waals surface area contributed by atoms with Gasteiger partial charge in [0.1, 0.15) is 0 Å². The van der Waals surface area contributed by atoms with E-state index in [4.69, 9.17) is 4.74 Å². The lowest BCUT2D eigenvalue weighted by atomic mass is 9.92. The van der Waals surface area contributed by atoms with Gasteiger partial charge in [0.25, 0.3) is 5.91 Å². The molecule has 4 rings (SSSR count). The minimum atomic E-state index is -3.57. The molecule has 0 unspecified atom stereocenters. The van der Waals surface area contributed by atoms with Crippen molar-refractivity contribution in [2.24, 2.45) is 11.8 Å². The smallest absolute Gasteiger partial charge is 0.309 e. The number of rotatable bonds is 5. The van der Waals surface area contributed by atoms with Gasteiger partial charge in [0.2, 0.25) is 10.0 Å². The maximum absolute atomic E-state index is 13.0. The Balaban J connectivity index is 1.32. The van der Waals surface area contributed by atoms with Gasteiger partial charge in [-0.25, -0.2) is 8.42 Å². The number of piperazine rings is 1. The van der Waals surface area contributed by atoms with Crippen molar-refractivity contribution in [2.75, 3.05) is 32.8 Å². The summed E-state index contributed by atoms with van der Waals surface area (Å²) >= 11 is 0. The predicted molar refractivity (Wildman–Crippen MR) is 107 cm³/mol. The van der Waals surface area contributed by atoms with Crippen LogP contribution in [-0.4, -0.2) is 62.3 Å². The summed E-state index contributed by atoms with van der Waals surface area (Å²) in [7, 11) is -3.57. The topological polar surface area (TPSA) is 84.0 Å². The second-order valence-electron chi connectivity index (χ2n) is 8.35. The summed E-state index contributed by atoms with van der Waals surface area (Å²) < 4.78 is 32.6. The van der Waals surface area contributed by atoms with Crippen LogP contribution in [0.25, 0.3) is 0 Å². The summed E-state index contributed by atoms with van der Waals surface area (Å²) in [5, 5.41) is 0. The van der Waals surface area contributed by atoms with Gasteiger partial charge in [-0.15, -0.1) is 0 Å². The molecule has 0 aromatic heterocycles. The Morgan fingerprint density at radius 1 is 1.07 bits per heavy atom. The number of sulfonamides is 1. The minimum Gasteiger partial charge on any atom is -0.455 e.